The van der Waals surface area contributed by atoms with E-state index < -0.39 is 0 Å². The molecule has 4 heteroatoms. The van der Waals surface area contributed by atoms with Crippen LogP contribution in [0.25, 0.3) is 11.0 Å². The van der Waals surface area contributed by atoms with Gasteiger partial charge in [0.15, 0.2) is 0 Å². The van der Waals surface area contributed by atoms with Gasteiger partial charge in [-0.2, -0.15) is 0 Å². The van der Waals surface area contributed by atoms with Crippen molar-refractivity contribution in [1.29, 1.82) is 0 Å². The van der Waals surface area contributed by atoms with Gasteiger partial charge in [-0.05, 0) is 48.7 Å². The molecule has 0 saturated heterocycles. The first-order valence-electron chi connectivity index (χ1n) is 7.15. The number of rotatable bonds is 3. The molecule has 0 unspecified atom stereocenters. The fourth-order valence-electron chi connectivity index (χ4n) is 2.78. The summed E-state index contributed by atoms with van der Waals surface area (Å²) in [5.41, 5.74) is 3.43. The summed E-state index contributed by atoms with van der Waals surface area (Å²) >= 11 is 3.52. The second-order valence-electron chi connectivity index (χ2n) is 5.61. The van der Waals surface area contributed by atoms with Crippen LogP contribution >= 0.6 is 15.9 Å². The van der Waals surface area contributed by atoms with E-state index in [1.54, 1.807) is 12.1 Å². The van der Waals surface area contributed by atoms with Crippen molar-refractivity contribution in [2.24, 2.45) is 0 Å². The summed E-state index contributed by atoms with van der Waals surface area (Å²) in [5, 5.41) is 9.39. The molecule has 1 heterocycles. The number of aromatic hydroxyl groups is 1. The van der Waals surface area contributed by atoms with E-state index in [-0.39, 0.29) is 0 Å². The summed E-state index contributed by atoms with van der Waals surface area (Å²) in [4.78, 5) is 4.82. The van der Waals surface area contributed by atoms with Gasteiger partial charge in [-0.15, -0.1) is 0 Å². The van der Waals surface area contributed by atoms with Crippen LogP contribution in [0.1, 0.15) is 30.3 Å². The predicted octanol–water partition coefficient (Wildman–Crippen LogP) is 4.43. The van der Waals surface area contributed by atoms with Crippen LogP contribution in [0.4, 0.5) is 0 Å². The Labute approximate surface area is 131 Å². The van der Waals surface area contributed by atoms with E-state index in [0.717, 1.165) is 22.2 Å². The molecule has 0 amide bonds. The summed E-state index contributed by atoms with van der Waals surface area (Å²) in [5.74, 6) is 1.41. The second-order valence-corrected chi connectivity index (χ2v) is 6.52. The molecule has 0 aliphatic heterocycles. The van der Waals surface area contributed by atoms with Crippen LogP contribution in [-0.2, 0) is 6.42 Å². The lowest BCUT2D eigenvalue weighted by molar-refractivity contribution is 0.475. The van der Waals surface area contributed by atoms with Gasteiger partial charge in [0.1, 0.15) is 11.6 Å². The normalized spacial score (nSPS) is 14.7. The molecule has 0 radical (unpaired) electrons. The van der Waals surface area contributed by atoms with Crippen molar-refractivity contribution >= 4 is 27.0 Å². The van der Waals surface area contributed by atoms with E-state index in [2.05, 4.69) is 38.7 Å². The highest BCUT2D eigenvalue weighted by Crippen LogP contribution is 2.39. The molecule has 4 rings (SSSR count). The van der Waals surface area contributed by atoms with Crippen molar-refractivity contribution in [1.82, 2.24) is 9.55 Å². The number of halogens is 1. The van der Waals surface area contributed by atoms with E-state index in [4.69, 9.17) is 4.98 Å². The Bertz CT molecular complexity index is 804. The maximum atomic E-state index is 9.39. The number of phenolic OH excluding ortho intramolecular Hbond substituents is 1. The first-order chi connectivity index (χ1) is 10.2. The minimum atomic E-state index is 0.304. The monoisotopic (exact) mass is 342 g/mol. The topological polar surface area (TPSA) is 38.1 Å². The summed E-state index contributed by atoms with van der Waals surface area (Å²) in [6, 6.07) is 14.3. The van der Waals surface area contributed by atoms with E-state index >= 15 is 0 Å². The summed E-state index contributed by atoms with van der Waals surface area (Å²) in [7, 11) is 0. The molecule has 0 spiro atoms. The number of aromatic nitrogens is 2. The molecule has 1 aliphatic rings. The Kier molecular flexibility index (Phi) is 3.00. The third-order valence-corrected chi connectivity index (χ3v) is 4.43. The van der Waals surface area contributed by atoms with Crippen LogP contribution in [0.5, 0.6) is 5.75 Å². The van der Waals surface area contributed by atoms with Crippen LogP contribution in [0.15, 0.2) is 46.9 Å². The van der Waals surface area contributed by atoms with E-state index in [1.807, 2.05) is 12.1 Å². The van der Waals surface area contributed by atoms with Gasteiger partial charge in [-0.1, -0.05) is 28.1 Å². The molecule has 21 heavy (non-hydrogen) atoms. The Morgan fingerprint density at radius 2 is 1.90 bits per heavy atom. The molecule has 3 nitrogen and oxygen atoms in total. The van der Waals surface area contributed by atoms with E-state index in [9.17, 15) is 5.11 Å². The zero-order valence-electron chi connectivity index (χ0n) is 11.5. The van der Waals surface area contributed by atoms with Gasteiger partial charge in [0.2, 0.25) is 0 Å². The SMILES string of the molecule is Oc1ccc(Cc2nc3cc(Br)ccc3n2C2CC2)cc1. The summed E-state index contributed by atoms with van der Waals surface area (Å²) < 4.78 is 3.45. The molecule has 2 aromatic carbocycles. The number of hydrogen-bond donors (Lipinski definition) is 1. The van der Waals surface area contributed by atoms with Gasteiger partial charge in [0, 0.05) is 16.9 Å². The van der Waals surface area contributed by atoms with Gasteiger partial charge in [0.25, 0.3) is 0 Å². The van der Waals surface area contributed by atoms with Crippen molar-refractivity contribution in [3.63, 3.8) is 0 Å². The molecular weight excluding hydrogens is 328 g/mol. The zero-order chi connectivity index (χ0) is 14.4. The maximum Gasteiger partial charge on any atom is 0.115 e. The number of nitrogens with zero attached hydrogens (tertiary/aromatic N) is 2. The number of benzene rings is 2. The highest BCUT2D eigenvalue weighted by atomic mass is 79.9. The quantitative estimate of drug-likeness (QED) is 0.764. The summed E-state index contributed by atoms with van der Waals surface area (Å²) in [6.45, 7) is 0. The van der Waals surface area contributed by atoms with Crippen LogP contribution in [-0.4, -0.2) is 14.7 Å². The fourth-order valence-corrected chi connectivity index (χ4v) is 3.13. The molecule has 1 fully saturated rings. The zero-order valence-corrected chi connectivity index (χ0v) is 13.0. The first-order valence-corrected chi connectivity index (χ1v) is 7.94. The minimum Gasteiger partial charge on any atom is -0.508 e. The smallest absolute Gasteiger partial charge is 0.115 e. The van der Waals surface area contributed by atoms with Gasteiger partial charge in [-0.3, -0.25) is 0 Å². The highest BCUT2D eigenvalue weighted by Gasteiger charge is 2.28. The lowest BCUT2D eigenvalue weighted by atomic mass is 10.1. The number of fused-ring (bicyclic) bond motifs is 1. The van der Waals surface area contributed by atoms with Crippen molar-refractivity contribution in [2.75, 3.05) is 0 Å². The van der Waals surface area contributed by atoms with Crippen molar-refractivity contribution < 1.29 is 5.11 Å². The molecule has 3 aromatic rings. The lowest BCUT2D eigenvalue weighted by Crippen LogP contribution is -2.02. The van der Waals surface area contributed by atoms with Gasteiger partial charge in [-0.25, -0.2) is 4.98 Å². The molecule has 0 atom stereocenters. The Hall–Kier alpha value is -1.81. The summed E-state index contributed by atoms with van der Waals surface area (Å²) in [6.07, 6.45) is 3.28. The first kappa shape index (κ1) is 12.9. The largest absolute Gasteiger partial charge is 0.508 e. The fraction of sp³-hybridized carbons (Fsp3) is 0.235. The highest BCUT2D eigenvalue weighted by molar-refractivity contribution is 9.10. The molecule has 106 valence electrons. The van der Waals surface area contributed by atoms with Crippen LogP contribution in [0.2, 0.25) is 0 Å². The van der Waals surface area contributed by atoms with Crippen LogP contribution < -0.4 is 0 Å². The number of imidazole rings is 1. The Morgan fingerprint density at radius 1 is 1.14 bits per heavy atom. The molecule has 1 aromatic heterocycles. The Balaban J connectivity index is 1.79. The van der Waals surface area contributed by atoms with E-state index in [0.29, 0.717) is 11.8 Å². The predicted molar refractivity (Wildman–Crippen MR) is 86.6 cm³/mol. The lowest BCUT2D eigenvalue weighted by Gasteiger charge is -2.08. The molecule has 1 saturated carbocycles. The number of phenols is 1. The van der Waals surface area contributed by atoms with Crippen molar-refractivity contribution in [3.8, 4) is 5.75 Å². The minimum absolute atomic E-state index is 0.304. The van der Waals surface area contributed by atoms with E-state index in [1.165, 1.54) is 23.9 Å². The second kappa shape index (κ2) is 4.88. The standard InChI is InChI=1S/C17H15BrN2O/c18-12-3-8-16-15(10-12)19-17(20(16)13-4-5-13)9-11-1-6-14(21)7-2-11/h1-3,6-8,10,13,21H,4-5,9H2. The average molecular weight is 343 g/mol. The van der Waals surface area contributed by atoms with Crippen molar-refractivity contribution in [3.05, 3.63) is 58.3 Å². The van der Waals surface area contributed by atoms with Crippen LogP contribution in [0, 0.1) is 0 Å². The van der Waals surface area contributed by atoms with Gasteiger partial charge >= 0.3 is 0 Å². The Morgan fingerprint density at radius 3 is 2.62 bits per heavy atom. The molecular formula is C17H15BrN2O. The molecule has 1 aliphatic carbocycles. The third kappa shape index (κ3) is 2.44. The third-order valence-electron chi connectivity index (χ3n) is 3.94. The average Bonchev–Trinajstić information content (AvgIpc) is 3.23. The number of hydrogen-bond acceptors (Lipinski definition) is 2. The van der Waals surface area contributed by atoms with Gasteiger partial charge < -0.3 is 9.67 Å². The van der Waals surface area contributed by atoms with Gasteiger partial charge in [0.05, 0.1) is 11.0 Å². The van der Waals surface area contributed by atoms with Crippen LogP contribution in [0.3, 0.4) is 0 Å². The maximum absolute atomic E-state index is 9.39. The molecule has 1 N–H and O–H groups in total. The molecule has 0 bridgehead atoms. The van der Waals surface area contributed by atoms with Crippen molar-refractivity contribution in [2.45, 2.75) is 25.3 Å².